The molecule has 69 heavy (non-hydrogen) atoms. The summed E-state index contributed by atoms with van der Waals surface area (Å²) >= 11 is 0. The molecule has 0 aliphatic heterocycles. The van der Waals surface area contributed by atoms with E-state index in [1.165, 1.54) is 135 Å². The van der Waals surface area contributed by atoms with Crippen molar-refractivity contribution in [1.29, 1.82) is 0 Å². The molecule has 0 aromatic heterocycles. The van der Waals surface area contributed by atoms with Gasteiger partial charge in [0.1, 0.15) is 0 Å². The molecule has 0 heteroatoms. The molecule has 6 saturated carbocycles. The molecule has 0 N–H and O–H groups in total. The van der Waals surface area contributed by atoms with E-state index in [9.17, 15) is 0 Å². The van der Waals surface area contributed by atoms with Crippen LogP contribution in [0, 0.1) is 107 Å². The zero-order valence-corrected chi connectivity index (χ0v) is 45.1. The fourth-order valence-electron chi connectivity index (χ4n) is 15.3. The molecule has 0 spiro atoms. The van der Waals surface area contributed by atoms with Gasteiger partial charge in [0.2, 0.25) is 0 Å². The average Bonchev–Trinajstić information content (AvgIpc) is 4.24. The Hall–Kier alpha value is -3.12. The molecule has 0 nitrogen and oxygen atoms in total. The summed E-state index contributed by atoms with van der Waals surface area (Å²) < 4.78 is 0. The van der Waals surface area contributed by atoms with E-state index in [-0.39, 0.29) is 0 Å². The fraction of sp³-hybridized carbons (Fsp3) is 0.652. The maximum Gasteiger partial charge on any atom is -0.0165 e. The van der Waals surface area contributed by atoms with Crippen molar-refractivity contribution in [2.24, 2.45) is 107 Å². The van der Waals surface area contributed by atoms with Gasteiger partial charge in [-0.25, -0.2) is 0 Å². The zero-order chi connectivity index (χ0) is 48.2. The third kappa shape index (κ3) is 16.2. The second-order valence-corrected chi connectivity index (χ2v) is 24.5. The van der Waals surface area contributed by atoms with Gasteiger partial charge in [-0.3, -0.25) is 0 Å². The number of hydrogen-bond donors (Lipinski definition) is 0. The molecule has 12 unspecified atom stereocenters. The van der Waals surface area contributed by atoms with E-state index in [0.717, 1.165) is 107 Å². The summed E-state index contributed by atoms with van der Waals surface area (Å²) in [6.07, 6.45) is 86.4. The summed E-state index contributed by atoms with van der Waals surface area (Å²) in [4.78, 5) is 0. The Labute approximate surface area is 426 Å². The Balaban J connectivity index is 0.000000141. The summed E-state index contributed by atoms with van der Waals surface area (Å²) in [6, 6.07) is 0. The van der Waals surface area contributed by atoms with Gasteiger partial charge in [0, 0.05) is 0 Å². The van der Waals surface area contributed by atoms with Crippen LogP contribution in [0.4, 0.5) is 0 Å². The van der Waals surface area contributed by atoms with Crippen LogP contribution in [0.25, 0.3) is 0 Å². The summed E-state index contributed by atoms with van der Waals surface area (Å²) in [5, 5.41) is 0. The van der Waals surface area contributed by atoms with Crippen LogP contribution >= 0.6 is 0 Å². The lowest BCUT2D eigenvalue weighted by atomic mass is 9.92. The molecule has 0 amide bonds. The van der Waals surface area contributed by atoms with Crippen molar-refractivity contribution < 1.29 is 0 Å². The lowest BCUT2D eigenvalue weighted by molar-refractivity contribution is 0.390. The van der Waals surface area contributed by atoms with E-state index in [1.807, 2.05) is 0 Å². The number of rotatable bonds is 9. The van der Waals surface area contributed by atoms with Gasteiger partial charge in [-0.05, 0) is 184 Å². The van der Waals surface area contributed by atoms with Gasteiger partial charge in [0.05, 0.1) is 0 Å². The van der Waals surface area contributed by atoms with Crippen LogP contribution < -0.4 is 0 Å². The number of allylic oxidation sites excluding steroid dienone is 24. The standard InChI is InChI=1S/3C20H26.3C3H8/c3*1-2-6-18-12-15(11-17(18)5-1)9-10-16-13-19-7-3-4-8-20(19)14-16;3*1-3-2/h3*1-8,15-20H,9-14H2;3*3H2,1-2H3. The zero-order valence-electron chi connectivity index (χ0n) is 45.1. The van der Waals surface area contributed by atoms with Crippen LogP contribution in [0.1, 0.15) is 176 Å². The van der Waals surface area contributed by atoms with Crippen molar-refractivity contribution in [2.45, 2.75) is 176 Å². The van der Waals surface area contributed by atoms with Crippen molar-refractivity contribution in [3.8, 4) is 0 Å². The highest BCUT2D eigenvalue weighted by Crippen LogP contribution is 2.49. The van der Waals surface area contributed by atoms with E-state index in [2.05, 4.69) is 187 Å². The summed E-state index contributed by atoms with van der Waals surface area (Å²) in [6.45, 7) is 12.8. The molecule has 0 bridgehead atoms. The van der Waals surface area contributed by atoms with E-state index in [1.54, 1.807) is 0 Å². The maximum atomic E-state index is 2.45. The smallest absolute Gasteiger partial charge is 0.0165 e. The molecule has 378 valence electrons. The number of fused-ring (bicyclic) bond motifs is 6. The molecular formula is C69H102. The highest BCUT2D eigenvalue weighted by atomic mass is 14.4. The number of hydrogen-bond acceptors (Lipinski definition) is 0. The second kappa shape index (κ2) is 28.8. The molecule has 0 heterocycles. The first-order valence-corrected chi connectivity index (χ1v) is 30.0. The third-order valence-corrected chi connectivity index (χ3v) is 18.5. The highest BCUT2D eigenvalue weighted by Gasteiger charge is 2.38. The molecule has 12 rings (SSSR count). The minimum Gasteiger partial charge on any atom is -0.0808 e. The van der Waals surface area contributed by atoms with Crippen LogP contribution in [0.15, 0.2) is 146 Å². The monoisotopic (exact) mass is 931 g/mol. The first-order valence-electron chi connectivity index (χ1n) is 30.0. The van der Waals surface area contributed by atoms with Gasteiger partial charge in [-0.15, -0.1) is 0 Å². The Bertz CT molecular complexity index is 1400. The summed E-state index contributed by atoms with van der Waals surface area (Å²) in [5.41, 5.74) is 0. The first kappa shape index (κ1) is 53.7. The minimum atomic E-state index is 0.863. The third-order valence-electron chi connectivity index (χ3n) is 18.5. The molecule has 0 aromatic carbocycles. The van der Waals surface area contributed by atoms with E-state index < -0.39 is 0 Å². The van der Waals surface area contributed by atoms with Gasteiger partial charge >= 0.3 is 0 Å². The highest BCUT2D eigenvalue weighted by molar-refractivity contribution is 5.21. The fourth-order valence-corrected chi connectivity index (χ4v) is 15.3. The summed E-state index contributed by atoms with van der Waals surface area (Å²) in [5.74, 6) is 16.3. The van der Waals surface area contributed by atoms with Gasteiger partial charge in [-0.1, -0.05) is 245 Å². The predicted molar refractivity (Wildman–Crippen MR) is 304 cm³/mol. The topological polar surface area (TPSA) is 0 Å². The minimum absolute atomic E-state index is 0.863. The van der Waals surface area contributed by atoms with Gasteiger partial charge in [0.25, 0.3) is 0 Å². The van der Waals surface area contributed by atoms with Crippen LogP contribution in [-0.4, -0.2) is 0 Å². The lowest BCUT2D eigenvalue weighted by Crippen LogP contribution is -2.03. The molecule has 12 atom stereocenters. The quantitative estimate of drug-likeness (QED) is 0.216. The Morgan fingerprint density at radius 3 is 0.362 bits per heavy atom. The van der Waals surface area contributed by atoms with Crippen LogP contribution in [0.5, 0.6) is 0 Å². The van der Waals surface area contributed by atoms with E-state index in [0.29, 0.717) is 0 Å². The predicted octanol–water partition coefficient (Wildman–Crippen LogP) is 20.2. The lowest BCUT2D eigenvalue weighted by Gasteiger charge is -2.13. The van der Waals surface area contributed by atoms with Crippen molar-refractivity contribution in [1.82, 2.24) is 0 Å². The molecule has 6 fully saturated rings. The molecule has 0 aromatic rings. The Morgan fingerprint density at radius 1 is 0.188 bits per heavy atom. The Kier molecular flexibility index (Phi) is 22.4. The van der Waals surface area contributed by atoms with Crippen molar-refractivity contribution in [3.63, 3.8) is 0 Å². The second-order valence-electron chi connectivity index (χ2n) is 24.5. The maximum absolute atomic E-state index is 2.45. The van der Waals surface area contributed by atoms with Crippen molar-refractivity contribution in [3.05, 3.63) is 146 Å². The van der Waals surface area contributed by atoms with Crippen molar-refractivity contribution in [2.75, 3.05) is 0 Å². The normalized spacial score (nSPS) is 39.7. The largest absolute Gasteiger partial charge is 0.0808 e. The van der Waals surface area contributed by atoms with E-state index >= 15 is 0 Å². The molecule has 12 aliphatic rings. The summed E-state index contributed by atoms with van der Waals surface area (Å²) in [7, 11) is 0. The molecule has 12 aliphatic carbocycles. The first-order chi connectivity index (χ1) is 33.9. The van der Waals surface area contributed by atoms with Gasteiger partial charge in [0.15, 0.2) is 0 Å². The van der Waals surface area contributed by atoms with E-state index in [4.69, 9.17) is 0 Å². The average molecular weight is 932 g/mol. The van der Waals surface area contributed by atoms with Gasteiger partial charge < -0.3 is 0 Å². The van der Waals surface area contributed by atoms with Crippen LogP contribution in [0.2, 0.25) is 0 Å². The molecule has 0 saturated heterocycles. The molecule has 0 radical (unpaired) electrons. The van der Waals surface area contributed by atoms with Gasteiger partial charge in [-0.2, -0.15) is 0 Å². The SMILES string of the molecule is C1=CC2CC(CCC3CC4C=CC=CC4C3)CC2C=C1.C1=CC2CC(CCC3CC4C=CC=CC4C3)CC2C=C1.C1=CC2CC(CCC3CC4C=CC=CC4C3)CC2C=C1.CCC.CCC.CCC. The Morgan fingerprint density at radius 2 is 0.275 bits per heavy atom. The molecular weight excluding hydrogens is 829 g/mol. The van der Waals surface area contributed by atoms with Crippen LogP contribution in [-0.2, 0) is 0 Å². The van der Waals surface area contributed by atoms with Crippen LogP contribution in [0.3, 0.4) is 0 Å². The van der Waals surface area contributed by atoms with Crippen molar-refractivity contribution >= 4 is 0 Å².